The van der Waals surface area contributed by atoms with Crippen molar-refractivity contribution in [2.45, 2.75) is 32.4 Å². The lowest BCUT2D eigenvalue weighted by molar-refractivity contribution is 0.132. The largest absolute Gasteiger partial charge is 0.364 e. The number of pyridine rings is 1. The molecule has 0 aliphatic carbocycles. The predicted octanol–water partition coefficient (Wildman–Crippen LogP) is 4.16. The summed E-state index contributed by atoms with van der Waals surface area (Å²) >= 11 is 0. The molecule has 164 valence electrons. The van der Waals surface area contributed by atoms with Crippen LogP contribution < -0.4 is 10.2 Å². The highest BCUT2D eigenvalue weighted by Crippen LogP contribution is 2.33. The number of rotatable bonds is 6. The van der Waals surface area contributed by atoms with Crippen LogP contribution in [0.1, 0.15) is 30.2 Å². The van der Waals surface area contributed by atoms with Crippen LogP contribution in [0.2, 0.25) is 0 Å². The van der Waals surface area contributed by atoms with Gasteiger partial charge in [0.05, 0.1) is 16.8 Å². The van der Waals surface area contributed by atoms with E-state index in [1.54, 1.807) is 6.20 Å². The molecular weight excluding hydrogens is 405 g/mol. The lowest BCUT2D eigenvalue weighted by Gasteiger charge is -2.52. The number of anilines is 2. The predicted molar refractivity (Wildman–Crippen MR) is 115 cm³/mol. The first-order chi connectivity index (χ1) is 14.7. The summed E-state index contributed by atoms with van der Waals surface area (Å²) in [4.78, 5) is 8.98. The number of halogens is 3. The van der Waals surface area contributed by atoms with Crippen LogP contribution in [0.15, 0.2) is 30.5 Å². The number of nitrogens with one attached hydrogen (secondary N) is 1. The maximum absolute atomic E-state index is 14.4. The Morgan fingerprint density at radius 1 is 1.19 bits per heavy atom. The van der Waals surface area contributed by atoms with Crippen molar-refractivity contribution in [3.8, 4) is 0 Å². The van der Waals surface area contributed by atoms with Gasteiger partial charge < -0.3 is 15.1 Å². The van der Waals surface area contributed by atoms with Gasteiger partial charge in [0.2, 0.25) is 0 Å². The summed E-state index contributed by atoms with van der Waals surface area (Å²) in [6.07, 6.45) is -1.10. The summed E-state index contributed by atoms with van der Waals surface area (Å²) in [6, 6.07) is 5.94. The normalized spacial score (nSPS) is 15.6. The molecule has 1 aliphatic rings. The SMILES string of the molecule is Cc1nnc(NCc2cccc(C(F)F)c2F)c2cc(N3CC(C)(N(C)C)C3)ncc12. The van der Waals surface area contributed by atoms with Crippen molar-refractivity contribution >= 4 is 22.4 Å². The number of likely N-dealkylation sites (N-methyl/N-ethyl adjacent to an activating group) is 1. The van der Waals surface area contributed by atoms with Gasteiger partial charge in [-0.05, 0) is 34.0 Å². The van der Waals surface area contributed by atoms with Crippen molar-refractivity contribution in [1.29, 1.82) is 0 Å². The number of aryl methyl sites for hydroxylation is 1. The molecule has 1 fully saturated rings. The molecule has 0 radical (unpaired) electrons. The van der Waals surface area contributed by atoms with Gasteiger partial charge in [-0.1, -0.05) is 18.2 Å². The second-order valence-electron chi connectivity index (χ2n) is 8.44. The zero-order chi connectivity index (χ0) is 22.3. The Labute approximate surface area is 179 Å². The average Bonchev–Trinajstić information content (AvgIpc) is 2.71. The minimum atomic E-state index is -2.86. The minimum absolute atomic E-state index is 0.0132. The van der Waals surface area contributed by atoms with E-state index in [1.165, 1.54) is 12.1 Å². The molecule has 4 rings (SSSR count). The van der Waals surface area contributed by atoms with E-state index in [0.717, 1.165) is 41.4 Å². The fraction of sp³-hybridized carbons (Fsp3) is 0.409. The van der Waals surface area contributed by atoms with E-state index < -0.39 is 17.8 Å². The Kier molecular flexibility index (Phi) is 5.47. The number of nitrogens with zero attached hydrogens (tertiary/aromatic N) is 5. The Morgan fingerprint density at radius 3 is 2.61 bits per heavy atom. The van der Waals surface area contributed by atoms with Crippen molar-refractivity contribution < 1.29 is 13.2 Å². The quantitative estimate of drug-likeness (QED) is 0.634. The molecular formula is C22H25F3N6. The van der Waals surface area contributed by atoms with E-state index >= 15 is 0 Å². The van der Waals surface area contributed by atoms with Crippen molar-refractivity contribution in [1.82, 2.24) is 20.1 Å². The molecule has 6 nitrogen and oxygen atoms in total. The number of benzene rings is 1. The van der Waals surface area contributed by atoms with Gasteiger partial charge in [0, 0.05) is 42.2 Å². The van der Waals surface area contributed by atoms with Gasteiger partial charge in [-0.15, -0.1) is 5.10 Å². The summed E-state index contributed by atoms with van der Waals surface area (Å²) in [5.41, 5.74) is 0.365. The summed E-state index contributed by atoms with van der Waals surface area (Å²) in [6.45, 7) is 5.77. The van der Waals surface area contributed by atoms with E-state index in [2.05, 4.69) is 51.3 Å². The summed E-state index contributed by atoms with van der Waals surface area (Å²) in [5, 5.41) is 13.1. The Bertz CT molecular complexity index is 1110. The molecule has 1 saturated heterocycles. The molecule has 0 amide bonds. The monoisotopic (exact) mass is 430 g/mol. The van der Waals surface area contributed by atoms with Crippen LogP contribution in [0, 0.1) is 12.7 Å². The highest BCUT2D eigenvalue weighted by molar-refractivity contribution is 5.94. The molecule has 3 heterocycles. The molecule has 3 aromatic rings. The number of hydrogen-bond acceptors (Lipinski definition) is 6. The maximum atomic E-state index is 14.4. The van der Waals surface area contributed by atoms with E-state index in [1.807, 2.05) is 13.0 Å². The topological polar surface area (TPSA) is 57.2 Å². The molecule has 1 aromatic carbocycles. The van der Waals surface area contributed by atoms with Crippen molar-refractivity contribution in [2.75, 3.05) is 37.4 Å². The molecule has 0 spiro atoms. The highest BCUT2D eigenvalue weighted by atomic mass is 19.3. The average molecular weight is 430 g/mol. The second kappa shape index (κ2) is 7.96. The summed E-state index contributed by atoms with van der Waals surface area (Å²) < 4.78 is 40.4. The fourth-order valence-corrected chi connectivity index (χ4v) is 3.77. The highest BCUT2D eigenvalue weighted by Gasteiger charge is 2.41. The molecule has 1 aliphatic heterocycles. The van der Waals surface area contributed by atoms with Crippen molar-refractivity contribution in [2.24, 2.45) is 0 Å². The first kappa shape index (κ1) is 21.3. The zero-order valence-electron chi connectivity index (χ0n) is 18.0. The van der Waals surface area contributed by atoms with Crippen LogP contribution in [-0.4, -0.2) is 52.8 Å². The van der Waals surface area contributed by atoms with Crippen LogP contribution in [0.25, 0.3) is 10.8 Å². The van der Waals surface area contributed by atoms with Gasteiger partial charge in [0.15, 0.2) is 5.82 Å². The Balaban J connectivity index is 1.61. The van der Waals surface area contributed by atoms with Crippen LogP contribution in [0.5, 0.6) is 0 Å². The summed E-state index contributed by atoms with van der Waals surface area (Å²) in [7, 11) is 4.13. The Hall–Kier alpha value is -2.94. The van der Waals surface area contributed by atoms with Gasteiger partial charge in [-0.2, -0.15) is 5.10 Å². The van der Waals surface area contributed by atoms with E-state index in [4.69, 9.17) is 0 Å². The van der Waals surface area contributed by atoms with Crippen LogP contribution in [0.3, 0.4) is 0 Å². The first-order valence-electron chi connectivity index (χ1n) is 10.0. The molecule has 0 saturated carbocycles. The number of aromatic nitrogens is 3. The lowest BCUT2D eigenvalue weighted by Crippen LogP contribution is -2.67. The molecule has 0 bridgehead atoms. The maximum Gasteiger partial charge on any atom is 0.266 e. The van der Waals surface area contributed by atoms with E-state index in [0.29, 0.717) is 5.82 Å². The van der Waals surface area contributed by atoms with Gasteiger partial charge in [0.25, 0.3) is 6.43 Å². The van der Waals surface area contributed by atoms with Crippen molar-refractivity contribution in [3.63, 3.8) is 0 Å². The van der Waals surface area contributed by atoms with Crippen molar-refractivity contribution in [3.05, 3.63) is 53.1 Å². The molecule has 0 atom stereocenters. The fourth-order valence-electron chi connectivity index (χ4n) is 3.77. The first-order valence-corrected chi connectivity index (χ1v) is 10.0. The second-order valence-corrected chi connectivity index (χ2v) is 8.44. The third-order valence-electron chi connectivity index (χ3n) is 6.09. The van der Waals surface area contributed by atoms with Gasteiger partial charge >= 0.3 is 0 Å². The zero-order valence-corrected chi connectivity index (χ0v) is 18.0. The molecule has 1 N–H and O–H groups in total. The number of alkyl halides is 2. The standard InChI is InChI=1S/C22H25F3N6/c1-13-17-10-26-18(31-11-22(2,12-31)30(3)4)8-16(17)21(29-28-13)27-9-14-6-5-7-15(19(14)23)20(24)25/h5-8,10,20H,9,11-12H2,1-4H3,(H,27,29). The smallest absolute Gasteiger partial charge is 0.266 e. The third kappa shape index (κ3) is 3.89. The minimum Gasteiger partial charge on any atom is -0.364 e. The Morgan fingerprint density at radius 2 is 1.94 bits per heavy atom. The van der Waals surface area contributed by atoms with Crippen LogP contribution in [-0.2, 0) is 6.54 Å². The van der Waals surface area contributed by atoms with Gasteiger partial charge in [-0.3, -0.25) is 0 Å². The van der Waals surface area contributed by atoms with Crippen LogP contribution >= 0.6 is 0 Å². The van der Waals surface area contributed by atoms with Gasteiger partial charge in [0.1, 0.15) is 11.6 Å². The number of fused-ring (bicyclic) bond motifs is 1. The number of hydrogen-bond donors (Lipinski definition) is 1. The summed E-state index contributed by atoms with van der Waals surface area (Å²) in [5.74, 6) is 0.385. The lowest BCUT2D eigenvalue weighted by atomic mass is 9.91. The van der Waals surface area contributed by atoms with E-state index in [-0.39, 0.29) is 17.6 Å². The molecule has 31 heavy (non-hydrogen) atoms. The molecule has 9 heteroatoms. The molecule has 0 unspecified atom stereocenters. The van der Waals surface area contributed by atoms with E-state index in [9.17, 15) is 13.2 Å². The van der Waals surface area contributed by atoms with Gasteiger partial charge in [-0.25, -0.2) is 18.2 Å². The van der Waals surface area contributed by atoms with Crippen LogP contribution in [0.4, 0.5) is 24.8 Å². The molecule has 2 aromatic heterocycles. The third-order valence-corrected chi connectivity index (χ3v) is 6.09.